The van der Waals surface area contributed by atoms with Crippen molar-refractivity contribution in [2.45, 2.75) is 32.8 Å². The summed E-state index contributed by atoms with van der Waals surface area (Å²) in [4.78, 5) is 8.29. The number of hydrogen-bond donors (Lipinski definition) is 1. The third-order valence-corrected chi connectivity index (χ3v) is 4.33. The summed E-state index contributed by atoms with van der Waals surface area (Å²) < 4.78 is 5.68. The summed E-state index contributed by atoms with van der Waals surface area (Å²) in [6.07, 6.45) is 2.55. The van der Waals surface area contributed by atoms with Gasteiger partial charge in [0.25, 0.3) is 0 Å². The van der Waals surface area contributed by atoms with Gasteiger partial charge in [-0.25, -0.2) is 4.98 Å². The van der Waals surface area contributed by atoms with E-state index in [2.05, 4.69) is 23.7 Å². The summed E-state index contributed by atoms with van der Waals surface area (Å²) in [5.41, 5.74) is 6.60. The Labute approximate surface area is 107 Å². The molecule has 1 saturated heterocycles. The molecule has 1 aliphatic rings. The smallest absolute Gasteiger partial charge is 0.185 e. The van der Waals surface area contributed by atoms with Crippen LogP contribution in [0.25, 0.3) is 0 Å². The van der Waals surface area contributed by atoms with Gasteiger partial charge < -0.3 is 15.4 Å². The van der Waals surface area contributed by atoms with E-state index in [1.807, 2.05) is 0 Å². The van der Waals surface area contributed by atoms with Crippen LogP contribution < -0.4 is 10.6 Å². The number of hydrogen-bond acceptors (Lipinski definition) is 5. The highest BCUT2D eigenvalue weighted by molar-refractivity contribution is 7.15. The first-order valence-electron chi connectivity index (χ1n) is 6.21. The average molecular weight is 255 g/mol. The van der Waals surface area contributed by atoms with Gasteiger partial charge in [0.15, 0.2) is 5.13 Å². The van der Waals surface area contributed by atoms with Gasteiger partial charge in [0.05, 0.1) is 18.4 Å². The van der Waals surface area contributed by atoms with Crippen LogP contribution in [-0.4, -0.2) is 37.3 Å². The lowest BCUT2D eigenvalue weighted by Crippen LogP contribution is -2.37. The van der Waals surface area contributed by atoms with Crippen molar-refractivity contribution < 1.29 is 4.74 Å². The molecule has 0 spiro atoms. The van der Waals surface area contributed by atoms with E-state index in [4.69, 9.17) is 10.5 Å². The first kappa shape index (κ1) is 12.8. The lowest BCUT2D eigenvalue weighted by Gasteiger charge is -2.31. The number of ether oxygens (including phenoxy) is 1. The van der Waals surface area contributed by atoms with Crippen LogP contribution in [0.1, 0.15) is 23.4 Å². The van der Waals surface area contributed by atoms with Crippen molar-refractivity contribution in [1.82, 2.24) is 4.98 Å². The molecular formula is C12H21N3OS. The Morgan fingerprint density at radius 2 is 2.12 bits per heavy atom. The highest BCUT2D eigenvalue weighted by atomic mass is 32.1. The number of anilines is 1. The van der Waals surface area contributed by atoms with Gasteiger partial charge in [0.1, 0.15) is 0 Å². The quantitative estimate of drug-likeness (QED) is 0.890. The van der Waals surface area contributed by atoms with E-state index in [1.54, 1.807) is 11.3 Å². The molecule has 2 N–H and O–H groups in total. The van der Waals surface area contributed by atoms with Crippen molar-refractivity contribution in [2.24, 2.45) is 5.73 Å². The molecule has 0 radical (unpaired) electrons. The zero-order valence-electron chi connectivity index (χ0n) is 10.6. The van der Waals surface area contributed by atoms with E-state index in [-0.39, 0.29) is 0 Å². The van der Waals surface area contributed by atoms with Crippen molar-refractivity contribution in [1.29, 1.82) is 0 Å². The summed E-state index contributed by atoms with van der Waals surface area (Å²) in [6.45, 7) is 7.59. The lowest BCUT2D eigenvalue weighted by atomic mass is 10.1. The van der Waals surface area contributed by atoms with Crippen LogP contribution in [0.5, 0.6) is 0 Å². The number of rotatable bonds is 4. The van der Waals surface area contributed by atoms with Crippen LogP contribution in [0.4, 0.5) is 5.13 Å². The minimum absolute atomic E-state index is 0.386. The first-order valence-corrected chi connectivity index (χ1v) is 7.03. The number of aryl methyl sites for hydroxylation is 2. The maximum atomic E-state index is 5.68. The summed E-state index contributed by atoms with van der Waals surface area (Å²) in [6, 6.07) is 0. The number of nitrogens with two attached hydrogens (primary N) is 1. The van der Waals surface area contributed by atoms with Crippen molar-refractivity contribution in [3.63, 3.8) is 0 Å². The molecule has 0 atom stereocenters. The summed E-state index contributed by atoms with van der Waals surface area (Å²) >= 11 is 1.79. The Morgan fingerprint density at radius 1 is 1.41 bits per heavy atom. The second-order valence-electron chi connectivity index (χ2n) is 4.48. The van der Waals surface area contributed by atoms with Gasteiger partial charge >= 0.3 is 0 Å². The molecule has 0 bridgehead atoms. The molecule has 1 aromatic heterocycles. The maximum Gasteiger partial charge on any atom is 0.185 e. The predicted octanol–water partition coefficient (Wildman–Crippen LogP) is 1.70. The number of thiazole rings is 1. The van der Waals surface area contributed by atoms with Crippen LogP contribution in [-0.2, 0) is 4.74 Å². The molecule has 5 heteroatoms. The average Bonchev–Trinajstić information content (AvgIpc) is 2.68. The minimum atomic E-state index is 0.386. The van der Waals surface area contributed by atoms with E-state index >= 15 is 0 Å². The van der Waals surface area contributed by atoms with Crippen LogP contribution >= 0.6 is 11.3 Å². The Morgan fingerprint density at radius 3 is 2.65 bits per heavy atom. The van der Waals surface area contributed by atoms with E-state index in [1.165, 1.54) is 4.88 Å². The van der Waals surface area contributed by atoms with Gasteiger partial charge in [-0.2, -0.15) is 0 Å². The number of aromatic nitrogens is 1. The van der Waals surface area contributed by atoms with Crippen molar-refractivity contribution >= 4 is 16.5 Å². The molecule has 2 rings (SSSR count). The van der Waals surface area contributed by atoms with Crippen molar-refractivity contribution in [2.75, 3.05) is 31.1 Å². The topological polar surface area (TPSA) is 51.4 Å². The van der Waals surface area contributed by atoms with E-state index in [0.717, 1.165) is 36.8 Å². The van der Waals surface area contributed by atoms with Crippen LogP contribution in [0.2, 0.25) is 0 Å². The van der Waals surface area contributed by atoms with E-state index in [0.29, 0.717) is 19.3 Å². The SMILES string of the molecule is Cc1nc(N2CCC(OCCN)CC2)sc1C. The third-order valence-electron chi connectivity index (χ3n) is 3.20. The molecule has 0 amide bonds. The minimum Gasteiger partial charge on any atom is -0.377 e. The first-order chi connectivity index (χ1) is 8.20. The van der Waals surface area contributed by atoms with Gasteiger partial charge in [0, 0.05) is 24.5 Å². The summed E-state index contributed by atoms with van der Waals surface area (Å²) in [5, 5.41) is 1.16. The second-order valence-corrected chi connectivity index (χ2v) is 5.67. The molecule has 4 nitrogen and oxygen atoms in total. The van der Waals surface area contributed by atoms with Gasteiger partial charge in [-0.3, -0.25) is 0 Å². The summed E-state index contributed by atoms with van der Waals surface area (Å²) in [5.74, 6) is 0. The fourth-order valence-electron chi connectivity index (χ4n) is 2.04. The summed E-state index contributed by atoms with van der Waals surface area (Å²) in [7, 11) is 0. The largest absolute Gasteiger partial charge is 0.377 e. The van der Waals surface area contributed by atoms with Crippen LogP contribution in [0.3, 0.4) is 0 Å². The molecule has 96 valence electrons. The highest BCUT2D eigenvalue weighted by Crippen LogP contribution is 2.27. The predicted molar refractivity (Wildman–Crippen MR) is 71.8 cm³/mol. The molecular weight excluding hydrogens is 234 g/mol. The fourth-order valence-corrected chi connectivity index (χ4v) is 3.00. The molecule has 2 heterocycles. The monoisotopic (exact) mass is 255 g/mol. The molecule has 17 heavy (non-hydrogen) atoms. The van der Waals surface area contributed by atoms with E-state index in [9.17, 15) is 0 Å². The van der Waals surface area contributed by atoms with Crippen LogP contribution in [0, 0.1) is 13.8 Å². The molecule has 0 aliphatic carbocycles. The normalized spacial score (nSPS) is 17.7. The number of piperidine rings is 1. The molecule has 1 fully saturated rings. The highest BCUT2D eigenvalue weighted by Gasteiger charge is 2.21. The van der Waals surface area contributed by atoms with Gasteiger partial charge in [-0.05, 0) is 26.7 Å². The molecule has 1 aromatic rings. The van der Waals surface area contributed by atoms with Gasteiger partial charge in [0.2, 0.25) is 0 Å². The zero-order chi connectivity index (χ0) is 12.3. The lowest BCUT2D eigenvalue weighted by molar-refractivity contribution is 0.0422. The van der Waals surface area contributed by atoms with E-state index < -0.39 is 0 Å². The van der Waals surface area contributed by atoms with Crippen molar-refractivity contribution in [3.8, 4) is 0 Å². The molecule has 1 aliphatic heterocycles. The van der Waals surface area contributed by atoms with Crippen LogP contribution in [0.15, 0.2) is 0 Å². The zero-order valence-corrected chi connectivity index (χ0v) is 11.4. The molecule has 0 saturated carbocycles. The number of nitrogens with zero attached hydrogens (tertiary/aromatic N) is 2. The van der Waals surface area contributed by atoms with Crippen molar-refractivity contribution in [3.05, 3.63) is 10.6 Å². The molecule has 0 aromatic carbocycles. The maximum absolute atomic E-state index is 5.68. The van der Waals surface area contributed by atoms with Gasteiger partial charge in [-0.15, -0.1) is 11.3 Å². The Hall–Kier alpha value is -0.650. The Balaban J connectivity index is 1.86. The Kier molecular flexibility index (Phi) is 4.36. The fraction of sp³-hybridized carbons (Fsp3) is 0.750. The Bertz CT molecular complexity index is 339. The van der Waals surface area contributed by atoms with Gasteiger partial charge in [-0.1, -0.05) is 0 Å². The molecule has 0 unspecified atom stereocenters. The third kappa shape index (κ3) is 3.18. The second kappa shape index (κ2) is 5.80. The standard InChI is InChI=1S/C12H21N3OS/c1-9-10(2)17-12(14-9)15-6-3-11(4-7-15)16-8-5-13/h11H,3-8,13H2,1-2H3.